The second-order valence-corrected chi connectivity index (χ2v) is 4.67. The molecule has 0 radical (unpaired) electrons. The second-order valence-electron chi connectivity index (χ2n) is 4.67. The molecule has 0 heterocycles. The summed E-state index contributed by atoms with van der Waals surface area (Å²) in [7, 11) is 0. The molecule has 14 heavy (non-hydrogen) atoms. The predicted octanol–water partition coefficient (Wildman–Crippen LogP) is 2.99. The number of nitrogens with zero attached hydrogens (tertiary/aromatic N) is 1. The first kappa shape index (κ1) is 11.5. The smallest absolute Gasteiger partial charge is 0.104 e. The highest BCUT2D eigenvalue weighted by Crippen LogP contribution is 2.21. The summed E-state index contributed by atoms with van der Waals surface area (Å²) in [5, 5.41) is 12.7. The summed E-state index contributed by atoms with van der Waals surface area (Å²) >= 11 is 0. The molecule has 0 aromatic carbocycles. The largest absolute Gasteiger partial charge is 0.297 e. The van der Waals surface area contributed by atoms with Crippen LogP contribution >= 0.6 is 0 Å². The molecular formula is C12H22N2. The standard InChI is InChI=1S/C12H22N2/c1-3-9-12(2,10-13)14-11-7-5-4-6-8-11/h11,14H,3-9H2,1-2H3. The van der Waals surface area contributed by atoms with E-state index in [9.17, 15) is 0 Å². The molecule has 1 atom stereocenters. The second kappa shape index (κ2) is 5.36. The molecule has 2 heteroatoms. The van der Waals surface area contributed by atoms with Gasteiger partial charge in [-0.05, 0) is 26.2 Å². The van der Waals surface area contributed by atoms with E-state index in [0.29, 0.717) is 6.04 Å². The number of rotatable bonds is 4. The monoisotopic (exact) mass is 194 g/mol. The number of nitriles is 1. The van der Waals surface area contributed by atoms with Gasteiger partial charge in [-0.1, -0.05) is 32.6 Å². The molecule has 1 aliphatic rings. The maximum absolute atomic E-state index is 9.13. The van der Waals surface area contributed by atoms with Gasteiger partial charge >= 0.3 is 0 Å². The van der Waals surface area contributed by atoms with Gasteiger partial charge in [0, 0.05) is 6.04 Å². The fraction of sp³-hybridized carbons (Fsp3) is 0.917. The highest BCUT2D eigenvalue weighted by molar-refractivity contribution is 5.04. The van der Waals surface area contributed by atoms with Crippen LogP contribution in [0.5, 0.6) is 0 Å². The highest BCUT2D eigenvalue weighted by atomic mass is 15.0. The van der Waals surface area contributed by atoms with E-state index in [1.54, 1.807) is 0 Å². The van der Waals surface area contributed by atoms with E-state index in [1.807, 2.05) is 6.92 Å². The fourth-order valence-electron chi connectivity index (χ4n) is 2.36. The average Bonchev–Trinajstić information content (AvgIpc) is 2.20. The van der Waals surface area contributed by atoms with Gasteiger partial charge in [0.25, 0.3) is 0 Å². The van der Waals surface area contributed by atoms with Crippen LogP contribution in [0.15, 0.2) is 0 Å². The van der Waals surface area contributed by atoms with Crippen molar-refractivity contribution in [3.8, 4) is 6.07 Å². The third-order valence-corrected chi connectivity index (χ3v) is 3.12. The normalized spacial score (nSPS) is 22.6. The van der Waals surface area contributed by atoms with E-state index in [0.717, 1.165) is 12.8 Å². The Balaban J connectivity index is 2.42. The Morgan fingerprint density at radius 1 is 1.36 bits per heavy atom. The first-order valence-corrected chi connectivity index (χ1v) is 5.89. The average molecular weight is 194 g/mol. The molecule has 0 aromatic heterocycles. The molecule has 1 rings (SSSR count). The van der Waals surface area contributed by atoms with Crippen LogP contribution in [0.2, 0.25) is 0 Å². The molecule has 2 nitrogen and oxygen atoms in total. The lowest BCUT2D eigenvalue weighted by Gasteiger charge is -2.31. The van der Waals surface area contributed by atoms with E-state index in [-0.39, 0.29) is 5.54 Å². The van der Waals surface area contributed by atoms with Crippen molar-refractivity contribution in [2.45, 2.75) is 70.4 Å². The summed E-state index contributed by atoms with van der Waals surface area (Å²) in [6, 6.07) is 3.00. The van der Waals surface area contributed by atoms with Crippen molar-refractivity contribution >= 4 is 0 Å². The van der Waals surface area contributed by atoms with Crippen molar-refractivity contribution in [2.24, 2.45) is 0 Å². The van der Waals surface area contributed by atoms with Crippen LogP contribution in [0.4, 0.5) is 0 Å². The van der Waals surface area contributed by atoms with Crippen LogP contribution < -0.4 is 5.32 Å². The van der Waals surface area contributed by atoms with Crippen LogP contribution in [0.25, 0.3) is 0 Å². The summed E-state index contributed by atoms with van der Waals surface area (Å²) in [4.78, 5) is 0. The first-order valence-electron chi connectivity index (χ1n) is 5.89. The quantitative estimate of drug-likeness (QED) is 0.746. The van der Waals surface area contributed by atoms with Gasteiger partial charge in [-0.2, -0.15) is 5.26 Å². The molecular weight excluding hydrogens is 172 g/mol. The van der Waals surface area contributed by atoms with E-state index in [1.165, 1.54) is 32.1 Å². The molecule has 1 aliphatic carbocycles. The van der Waals surface area contributed by atoms with Gasteiger partial charge in [0.2, 0.25) is 0 Å². The van der Waals surface area contributed by atoms with Crippen LogP contribution in [0.3, 0.4) is 0 Å². The van der Waals surface area contributed by atoms with Gasteiger partial charge in [0.1, 0.15) is 5.54 Å². The predicted molar refractivity (Wildman–Crippen MR) is 58.9 cm³/mol. The van der Waals surface area contributed by atoms with Gasteiger partial charge in [-0.3, -0.25) is 5.32 Å². The fourth-order valence-corrected chi connectivity index (χ4v) is 2.36. The van der Waals surface area contributed by atoms with Crippen molar-refractivity contribution in [3.05, 3.63) is 0 Å². The van der Waals surface area contributed by atoms with E-state index in [4.69, 9.17) is 5.26 Å². The molecule has 0 bridgehead atoms. The summed E-state index contributed by atoms with van der Waals surface area (Å²) in [6.07, 6.45) is 8.55. The Hall–Kier alpha value is -0.550. The van der Waals surface area contributed by atoms with Crippen LogP contribution in [-0.4, -0.2) is 11.6 Å². The number of hydrogen-bond acceptors (Lipinski definition) is 2. The first-order chi connectivity index (χ1) is 6.70. The van der Waals surface area contributed by atoms with Gasteiger partial charge in [-0.15, -0.1) is 0 Å². The molecule has 0 saturated heterocycles. The maximum atomic E-state index is 9.13. The summed E-state index contributed by atoms with van der Waals surface area (Å²) in [5.41, 5.74) is -0.295. The van der Waals surface area contributed by atoms with Gasteiger partial charge in [0.05, 0.1) is 6.07 Å². The Labute approximate surface area is 87.7 Å². The topological polar surface area (TPSA) is 35.8 Å². The number of hydrogen-bond donors (Lipinski definition) is 1. The number of nitrogens with one attached hydrogen (secondary N) is 1. The molecule has 0 amide bonds. The summed E-state index contributed by atoms with van der Waals surface area (Å²) in [6.45, 7) is 4.17. The zero-order valence-corrected chi connectivity index (χ0v) is 9.47. The SMILES string of the molecule is CCCC(C)(C#N)NC1CCCCC1. The summed E-state index contributed by atoms with van der Waals surface area (Å²) in [5.74, 6) is 0. The zero-order chi connectivity index (χ0) is 10.4. The molecule has 0 aliphatic heterocycles. The lowest BCUT2D eigenvalue weighted by atomic mass is 9.90. The minimum Gasteiger partial charge on any atom is -0.297 e. The van der Waals surface area contributed by atoms with Crippen LogP contribution in [0, 0.1) is 11.3 Å². The maximum Gasteiger partial charge on any atom is 0.104 e. The van der Waals surface area contributed by atoms with E-state index >= 15 is 0 Å². The lowest BCUT2D eigenvalue weighted by Crippen LogP contribution is -2.47. The Bertz CT molecular complexity index is 201. The molecule has 0 aromatic rings. The van der Waals surface area contributed by atoms with Crippen molar-refractivity contribution in [1.82, 2.24) is 5.32 Å². The molecule has 1 N–H and O–H groups in total. The van der Waals surface area contributed by atoms with Crippen LogP contribution in [0.1, 0.15) is 58.8 Å². The van der Waals surface area contributed by atoms with Gasteiger partial charge < -0.3 is 0 Å². The van der Waals surface area contributed by atoms with E-state index < -0.39 is 0 Å². The van der Waals surface area contributed by atoms with E-state index in [2.05, 4.69) is 18.3 Å². The minimum atomic E-state index is -0.295. The molecule has 1 unspecified atom stereocenters. The van der Waals surface area contributed by atoms with Crippen molar-refractivity contribution in [2.75, 3.05) is 0 Å². The third-order valence-electron chi connectivity index (χ3n) is 3.12. The Morgan fingerprint density at radius 2 is 2.00 bits per heavy atom. The zero-order valence-electron chi connectivity index (χ0n) is 9.47. The summed E-state index contributed by atoms with van der Waals surface area (Å²) < 4.78 is 0. The van der Waals surface area contributed by atoms with Gasteiger partial charge in [0.15, 0.2) is 0 Å². The lowest BCUT2D eigenvalue weighted by molar-refractivity contribution is 0.295. The third kappa shape index (κ3) is 3.31. The highest BCUT2D eigenvalue weighted by Gasteiger charge is 2.26. The van der Waals surface area contributed by atoms with Crippen molar-refractivity contribution < 1.29 is 0 Å². The molecule has 80 valence electrons. The Morgan fingerprint density at radius 3 is 2.50 bits per heavy atom. The molecule has 1 saturated carbocycles. The minimum absolute atomic E-state index is 0.295. The van der Waals surface area contributed by atoms with Crippen molar-refractivity contribution in [3.63, 3.8) is 0 Å². The van der Waals surface area contributed by atoms with Crippen LogP contribution in [-0.2, 0) is 0 Å². The molecule has 0 spiro atoms. The van der Waals surface area contributed by atoms with Crippen molar-refractivity contribution in [1.29, 1.82) is 5.26 Å². The Kier molecular flexibility index (Phi) is 4.41. The molecule has 1 fully saturated rings. The van der Waals surface area contributed by atoms with Gasteiger partial charge in [-0.25, -0.2) is 0 Å².